The smallest absolute Gasteiger partial charge is 0.331 e. The first-order valence-corrected chi connectivity index (χ1v) is 9.66. The number of ketones is 1. The van der Waals surface area contributed by atoms with E-state index in [2.05, 4.69) is 13.0 Å². The molecule has 4 rings (SSSR count). The van der Waals surface area contributed by atoms with Crippen LogP contribution in [-0.4, -0.2) is 28.6 Å². The summed E-state index contributed by atoms with van der Waals surface area (Å²) in [6.45, 7) is 8.07. The van der Waals surface area contributed by atoms with Crippen LogP contribution in [0.3, 0.4) is 0 Å². The molecule has 0 spiro atoms. The normalized spacial score (nSPS) is 41.5. The fourth-order valence-electron chi connectivity index (χ4n) is 5.84. The van der Waals surface area contributed by atoms with E-state index in [9.17, 15) is 14.7 Å². The number of aliphatic hydroxyl groups excluding tert-OH is 1. The van der Waals surface area contributed by atoms with Gasteiger partial charge in [0.05, 0.1) is 6.10 Å². The van der Waals surface area contributed by atoms with Crippen molar-refractivity contribution in [1.82, 2.24) is 0 Å². The second-order valence-electron chi connectivity index (χ2n) is 9.27. The van der Waals surface area contributed by atoms with Gasteiger partial charge in [-0.25, -0.2) is 4.79 Å². The molecule has 4 unspecified atom stereocenters. The number of allylic oxidation sites excluding steroid dienone is 3. The standard InChI is InChI=1S/C22H28O4/c1-20(2)15-6-7-16-14(11-13(15)5-8-19(25)26-20)9-10-21(3)17(23)12-18(24)22(16,21)4/h5,8,11,15,18,24H,6-7,9-10,12H2,1-4H3. The van der Waals surface area contributed by atoms with E-state index in [0.717, 1.165) is 31.3 Å². The van der Waals surface area contributed by atoms with E-state index in [1.807, 2.05) is 26.8 Å². The van der Waals surface area contributed by atoms with Crippen LogP contribution in [0.1, 0.15) is 59.8 Å². The molecule has 1 fully saturated rings. The Morgan fingerprint density at radius 2 is 1.85 bits per heavy atom. The zero-order valence-electron chi connectivity index (χ0n) is 16.1. The lowest BCUT2D eigenvalue weighted by Crippen LogP contribution is -2.46. The van der Waals surface area contributed by atoms with Crippen LogP contribution in [0.4, 0.5) is 0 Å². The van der Waals surface area contributed by atoms with Crippen molar-refractivity contribution in [3.8, 4) is 0 Å². The maximum absolute atomic E-state index is 12.7. The largest absolute Gasteiger partial charge is 0.456 e. The summed E-state index contributed by atoms with van der Waals surface area (Å²) in [7, 11) is 0. The summed E-state index contributed by atoms with van der Waals surface area (Å²) in [5.41, 5.74) is 2.05. The van der Waals surface area contributed by atoms with Gasteiger partial charge in [0.15, 0.2) is 0 Å². The molecule has 1 N–H and O–H groups in total. The molecule has 4 atom stereocenters. The van der Waals surface area contributed by atoms with Crippen LogP contribution in [0.25, 0.3) is 0 Å². The van der Waals surface area contributed by atoms with Gasteiger partial charge >= 0.3 is 5.97 Å². The number of esters is 1. The third kappa shape index (κ3) is 2.17. The number of cyclic esters (lactones) is 1. The summed E-state index contributed by atoms with van der Waals surface area (Å²) in [6.07, 6.45) is 8.54. The molecule has 4 aliphatic rings. The number of rotatable bonds is 0. The topological polar surface area (TPSA) is 63.6 Å². The highest BCUT2D eigenvalue weighted by Gasteiger charge is 2.62. The summed E-state index contributed by atoms with van der Waals surface area (Å²) in [4.78, 5) is 24.6. The Balaban J connectivity index is 1.84. The lowest BCUT2D eigenvalue weighted by Gasteiger charge is -2.48. The molecular weight excluding hydrogens is 328 g/mol. The molecule has 0 radical (unpaired) electrons. The lowest BCUT2D eigenvalue weighted by molar-refractivity contribution is -0.153. The van der Waals surface area contributed by atoms with E-state index >= 15 is 0 Å². The molecule has 140 valence electrons. The SMILES string of the molecule is CC1(C)OC(=O)C=CC2=CC3=C(CCC21)C1(C)C(O)CC(=O)C1(C)CC3. The molecule has 0 saturated heterocycles. The summed E-state index contributed by atoms with van der Waals surface area (Å²) in [5.74, 6) is 0.0115. The molecule has 0 amide bonds. The van der Waals surface area contributed by atoms with Crippen LogP contribution in [0.2, 0.25) is 0 Å². The Morgan fingerprint density at radius 3 is 2.58 bits per heavy atom. The fraction of sp³-hybridized carbons (Fsp3) is 0.636. The van der Waals surface area contributed by atoms with Crippen molar-refractivity contribution in [1.29, 1.82) is 0 Å². The molecular formula is C22H28O4. The van der Waals surface area contributed by atoms with Gasteiger partial charge in [0.1, 0.15) is 11.4 Å². The number of carbonyl (C=O) groups excluding carboxylic acids is 2. The van der Waals surface area contributed by atoms with E-state index in [4.69, 9.17) is 4.74 Å². The van der Waals surface area contributed by atoms with Crippen molar-refractivity contribution in [2.75, 3.05) is 0 Å². The van der Waals surface area contributed by atoms with Crippen LogP contribution in [-0.2, 0) is 14.3 Å². The van der Waals surface area contributed by atoms with Crippen LogP contribution < -0.4 is 0 Å². The molecule has 4 heteroatoms. The van der Waals surface area contributed by atoms with Gasteiger partial charge in [0, 0.05) is 29.2 Å². The monoisotopic (exact) mass is 356 g/mol. The van der Waals surface area contributed by atoms with Gasteiger partial charge in [-0.05, 0) is 50.7 Å². The van der Waals surface area contributed by atoms with E-state index in [0.29, 0.717) is 0 Å². The average Bonchev–Trinajstić information content (AvgIpc) is 2.72. The Morgan fingerprint density at radius 1 is 1.12 bits per heavy atom. The number of hydrogen-bond donors (Lipinski definition) is 1. The summed E-state index contributed by atoms with van der Waals surface area (Å²) in [5, 5.41) is 10.8. The predicted molar refractivity (Wildman–Crippen MR) is 98.2 cm³/mol. The Kier molecular flexibility index (Phi) is 3.69. The number of aliphatic hydroxyl groups is 1. The minimum absolute atomic E-state index is 0.111. The van der Waals surface area contributed by atoms with Gasteiger partial charge in [-0.2, -0.15) is 0 Å². The van der Waals surface area contributed by atoms with Gasteiger partial charge in [-0.15, -0.1) is 0 Å². The number of fused-ring (bicyclic) bond motifs is 3. The van der Waals surface area contributed by atoms with E-state index in [1.165, 1.54) is 17.2 Å². The third-order valence-corrected chi connectivity index (χ3v) is 7.76. The Bertz CT molecular complexity index is 784. The average molecular weight is 356 g/mol. The molecule has 3 aliphatic carbocycles. The lowest BCUT2D eigenvalue weighted by atomic mass is 9.55. The van der Waals surface area contributed by atoms with Crippen LogP contribution in [0.15, 0.2) is 34.9 Å². The molecule has 1 heterocycles. The van der Waals surface area contributed by atoms with Gasteiger partial charge in [0.25, 0.3) is 0 Å². The minimum atomic E-state index is -0.618. The predicted octanol–water partition coefficient (Wildman–Crippen LogP) is 3.65. The zero-order chi connectivity index (χ0) is 18.9. The Hall–Kier alpha value is -1.68. The summed E-state index contributed by atoms with van der Waals surface area (Å²) >= 11 is 0. The second kappa shape index (κ2) is 5.41. The highest BCUT2D eigenvalue weighted by Crippen LogP contribution is 2.63. The molecule has 0 aromatic heterocycles. The number of ether oxygens (including phenoxy) is 1. The van der Waals surface area contributed by atoms with Crippen molar-refractivity contribution >= 4 is 11.8 Å². The van der Waals surface area contributed by atoms with Crippen molar-refractivity contribution in [3.05, 3.63) is 34.9 Å². The molecule has 4 nitrogen and oxygen atoms in total. The maximum Gasteiger partial charge on any atom is 0.331 e. The van der Waals surface area contributed by atoms with Crippen molar-refractivity contribution in [2.45, 2.75) is 71.5 Å². The fourth-order valence-corrected chi connectivity index (χ4v) is 5.84. The van der Waals surface area contributed by atoms with Gasteiger partial charge in [0.2, 0.25) is 0 Å². The van der Waals surface area contributed by atoms with Crippen LogP contribution in [0, 0.1) is 16.7 Å². The first kappa shape index (κ1) is 17.7. The first-order valence-electron chi connectivity index (χ1n) is 9.66. The molecule has 1 aliphatic heterocycles. The van der Waals surface area contributed by atoms with Gasteiger partial charge < -0.3 is 9.84 Å². The molecule has 26 heavy (non-hydrogen) atoms. The van der Waals surface area contributed by atoms with Crippen molar-refractivity contribution in [3.63, 3.8) is 0 Å². The molecule has 0 aromatic carbocycles. The number of Topliss-reactive ketones (excluding diaryl/α,β-unsaturated/α-hetero) is 1. The third-order valence-electron chi connectivity index (χ3n) is 7.76. The van der Waals surface area contributed by atoms with E-state index < -0.39 is 22.5 Å². The van der Waals surface area contributed by atoms with Gasteiger partial charge in [-0.3, -0.25) is 4.79 Å². The number of carbonyl (C=O) groups is 2. The molecule has 1 saturated carbocycles. The van der Waals surface area contributed by atoms with E-state index in [1.54, 1.807) is 0 Å². The van der Waals surface area contributed by atoms with Crippen molar-refractivity contribution in [2.24, 2.45) is 16.7 Å². The van der Waals surface area contributed by atoms with E-state index in [-0.39, 0.29) is 24.1 Å². The molecule has 0 aromatic rings. The zero-order valence-corrected chi connectivity index (χ0v) is 16.1. The first-order chi connectivity index (χ1) is 12.1. The summed E-state index contributed by atoms with van der Waals surface area (Å²) < 4.78 is 5.66. The highest BCUT2D eigenvalue weighted by atomic mass is 16.6. The summed E-state index contributed by atoms with van der Waals surface area (Å²) in [6, 6.07) is 0. The quantitative estimate of drug-likeness (QED) is 0.673. The Labute approximate surface area is 155 Å². The van der Waals surface area contributed by atoms with Crippen molar-refractivity contribution < 1.29 is 19.4 Å². The van der Waals surface area contributed by atoms with Crippen LogP contribution >= 0.6 is 0 Å². The number of hydrogen-bond acceptors (Lipinski definition) is 4. The maximum atomic E-state index is 12.7. The second-order valence-corrected chi connectivity index (χ2v) is 9.27. The minimum Gasteiger partial charge on any atom is -0.456 e. The highest BCUT2D eigenvalue weighted by molar-refractivity contribution is 5.90. The van der Waals surface area contributed by atoms with Gasteiger partial charge in [-0.1, -0.05) is 31.6 Å². The van der Waals surface area contributed by atoms with Crippen LogP contribution in [0.5, 0.6) is 0 Å². The molecule has 0 bridgehead atoms.